The van der Waals surface area contributed by atoms with E-state index in [-0.39, 0.29) is 18.6 Å². The molecule has 1 aliphatic rings. The SMILES string of the molecule is NCC1COCC(=O)N1c1cccs1. The first-order valence-corrected chi connectivity index (χ1v) is 5.34. The van der Waals surface area contributed by atoms with Crippen LogP contribution in [0.15, 0.2) is 17.5 Å². The summed E-state index contributed by atoms with van der Waals surface area (Å²) < 4.78 is 5.15. The van der Waals surface area contributed by atoms with Crippen LogP contribution in [0.5, 0.6) is 0 Å². The van der Waals surface area contributed by atoms with Crippen molar-refractivity contribution in [3.05, 3.63) is 17.5 Å². The Balaban J connectivity index is 2.24. The van der Waals surface area contributed by atoms with Gasteiger partial charge >= 0.3 is 0 Å². The van der Waals surface area contributed by atoms with Crippen molar-refractivity contribution in [1.29, 1.82) is 0 Å². The van der Waals surface area contributed by atoms with Gasteiger partial charge in [0.05, 0.1) is 17.6 Å². The second-order valence-corrected chi connectivity index (χ2v) is 4.05. The molecule has 76 valence electrons. The minimum absolute atomic E-state index is 0.00542. The van der Waals surface area contributed by atoms with Crippen LogP contribution < -0.4 is 10.6 Å². The Morgan fingerprint density at radius 3 is 3.21 bits per heavy atom. The highest BCUT2D eigenvalue weighted by atomic mass is 32.1. The second kappa shape index (κ2) is 4.08. The maximum absolute atomic E-state index is 11.6. The molecule has 1 saturated heterocycles. The molecular weight excluding hydrogens is 200 g/mol. The maximum Gasteiger partial charge on any atom is 0.253 e. The van der Waals surface area contributed by atoms with Crippen LogP contribution in [-0.2, 0) is 9.53 Å². The van der Waals surface area contributed by atoms with Crippen molar-refractivity contribution in [3.8, 4) is 0 Å². The third-order valence-electron chi connectivity index (χ3n) is 2.19. The molecule has 2 heterocycles. The van der Waals surface area contributed by atoms with Crippen molar-refractivity contribution < 1.29 is 9.53 Å². The van der Waals surface area contributed by atoms with E-state index in [1.807, 2.05) is 17.5 Å². The third-order valence-corrected chi connectivity index (χ3v) is 3.05. The van der Waals surface area contributed by atoms with Crippen molar-refractivity contribution in [2.45, 2.75) is 6.04 Å². The van der Waals surface area contributed by atoms with E-state index < -0.39 is 0 Å². The number of nitrogens with two attached hydrogens (primary N) is 1. The van der Waals surface area contributed by atoms with Gasteiger partial charge in [0.2, 0.25) is 0 Å². The van der Waals surface area contributed by atoms with E-state index in [0.29, 0.717) is 13.2 Å². The van der Waals surface area contributed by atoms with Gasteiger partial charge in [-0.1, -0.05) is 0 Å². The van der Waals surface area contributed by atoms with Gasteiger partial charge in [0.15, 0.2) is 0 Å². The zero-order valence-electron chi connectivity index (χ0n) is 7.68. The van der Waals surface area contributed by atoms with Crippen LogP contribution in [0.25, 0.3) is 0 Å². The standard InChI is InChI=1S/C9H12N2O2S/c10-4-7-5-13-6-8(12)11(7)9-2-1-3-14-9/h1-3,7H,4-6,10H2. The first-order chi connectivity index (χ1) is 6.83. The summed E-state index contributed by atoms with van der Waals surface area (Å²) >= 11 is 1.55. The number of nitrogens with zero attached hydrogens (tertiary/aromatic N) is 1. The van der Waals surface area contributed by atoms with Crippen molar-refractivity contribution in [2.24, 2.45) is 5.73 Å². The first-order valence-electron chi connectivity index (χ1n) is 4.46. The van der Waals surface area contributed by atoms with E-state index in [4.69, 9.17) is 10.5 Å². The summed E-state index contributed by atoms with van der Waals surface area (Å²) in [7, 11) is 0. The van der Waals surface area contributed by atoms with Gasteiger partial charge in [0, 0.05) is 6.54 Å². The van der Waals surface area contributed by atoms with Gasteiger partial charge in [0.1, 0.15) is 6.61 Å². The highest BCUT2D eigenvalue weighted by molar-refractivity contribution is 7.14. The van der Waals surface area contributed by atoms with Crippen LogP contribution >= 0.6 is 11.3 Å². The maximum atomic E-state index is 11.6. The van der Waals surface area contributed by atoms with E-state index in [0.717, 1.165) is 5.00 Å². The zero-order chi connectivity index (χ0) is 9.97. The van der Waals surface area contributed by atoms with Gasteiger partial charge < -0.3 is 10.5 Å². The lowest BCUT2D eigenvalue weighted by Crippen LogP contribution is -2.52. The van der Waals surface area contributed by atoms with Crippen molar-refractivity contribution in [2.75, 3.05) is 24.7 Å². The minimum Gasteiger partial charge on any atom is -0.369 e. The Bertz CT molecular complexity index is 313. The molecule has 1 amide bonds. The lowest BCUT2D eigenvalue weighted by atomic mass is 10.2. The molecule has 1 aromatic rings. The summed E-state index contributed by atoms with van der Waals surface area (Å²) in [6.45, 7) is 1.12. The van der Waals surface area contributed by atoms with Crippen LogP contribution in [-0.4, -0.2) is 31.7 Å². The smallest absolute Gasteiger partial charge is 0.253 e. The van der Waals surface area contributed by atoms with Crippen LogP contribution in [0.3, 0.4) is 0 Å². The lowest BCUT2D eigenvalue weighted by Gasteiger charge is -2.33. The van der Waals surface area contributed by atoms with E-state index in [1.54, 1.807) is 16.2 Å². The molecular formula is C9H12N2O2S. The van der Waals surface area contributed by atoms with Crippen LogP contribution in [0, 0.1) is 0 Å². The lowest BCUT2D eigenvalue weighted by molar-refractivity contribution is -0.127. The largest absolute Gasteiger partial charge is 0.369 e. The molecule has 1 aromatic heterocycles. The Kier molecular flexibility index (Phi) is 2.81. The number of carbonyl (C=O) groups is 1. The van der Waals surface area contributed by atoms with Crippen LogP contribution in [0.4, 0.5) is 5.00 Å². The van der Waals surface area contributed by atoms with Gasteiger partial charge in [-0.2, -0.15) is 0 Å². The summed E-state index contributed by atoms with van der Waals surface area (Å²) in [5, 5.41) is 2.90. The number of thiophene rings is 1. The fraction of sp³-hybridized carbons (Fsp3) is 0.444. The number of hydrogen-bond acceptors (Lipinski definition) is 4. The van der Waals surface area contributed by atoms with E-state index >= 15 is 0 Å². The van der Waals surface area contributed by atoms with E-state index in [2.05, 4.69) is 0 Å². The highest BCUT2D eigenvalue weighted by Crippen LogP contribution is 2.25. The van der Waals surface area contributed by atoms with Gasteiger partial charge in [-0.05, 0) is 17.5 Å². The van der Waals surface area contributed by atoms with Gasteiger partial charge in [0.25, 0.3) is 5.91 Å². The van der Waals surface area contributed by atoms with Crippen LogP contribution in [0.1, 0.15) is 0 Å². The summed E-state index contributed by atoms with van der Waals surface area (Å²) in [4.78, 5) is 13.4. The molecule has 0 spiro atoms. The van der Waals surface area contributed by atoms with E-state index in [1.165, 1.54) is 0 Å². The molecule has 14 heavy (non-hydrogen) atoms. The van der Waals surface area contributed by atoms with E-state index in [9.17, 15) is 4.79 Å². The van der Waals surface area contributed by atoms with Gasteiger partial charge in [-0.3, -0.25) is 9.69 Å². The summed E-state index contributed by atoms with van der Waals surface area (Å²) in [6.07, 6.45) is 0. The number of anilines is 1. The Hall–Kier alpha value is -0.910. The predicted octanol–water partition coefficient (Wildman–Crippen LogP) is 0.439. The number of rotatable bonds is 2. The monoisotopic (exact) mass is 212 g/mol. The third kappa shape index (κ3) is 1.66. The molecule has 1 fully saturated rings. The normalized spacial score (nSPS) is 22.8. The molecule has 0 saturated carbocycles. The first kappa shape index (κ1) is 9.64. The average Bonchev–Trinajstić information content (AvgIpc) is 2.70. The number of carbonyl (C=O) groups excluding carboxylic acids is 1. The molecule has 0 radical (unpaired) electrons. The summed E-state index contributed by atoms with van der Waals surface area (Å²) in [6, 6.07) is 3.84. The predicted molar refractivity (Wildman–Crippen MR) is 55.5 cm³/mol. The summed E-state index contributed by atoms with van der Waals surface area (Å²) in [5.74, 6) is -0.00542. The Labute approximate surface area is 86.3 Å². The number of ether oxygens (including phenoxy) is 1. The number of morpholine rings is 1. The van der Waals surface area contributed by atoms with Crippen molar-refractivity contribution in [3.63, 3.8) is 0 Å². The molecule has 5 heteroatoms. The van der Waals surface area contributed by atoms with Gasteiger partial charge in [-0.15, -0.1) is 11.3 Å². The fourth-order valence-corrected chi connectivity index (χ4v) is 2.33. The Morgan fingerprint density at radius 1 is 1.71 bits per heavy atom. The quantitative estimate of drug-likeness (QED) is 0.774. The fourth-order valence-electron chi connectivity index (χ4n) is 1.51. The molecule has 1 unspecified atom stereocenters. The molecule has 4 nitrogen and oxygen atoms in total. The number of amides is 1. The Morgan fingerprint density at radius 2 is 2.57 bits per heavy atom. The second-order valence-electron chi connectivity index (χ2n) is 3.12. The van der Waals surface area contributed by atoms with Crippen LogP contribution in [0.2, 0.25) is 0 Å². The minimum atomic E-state index is -0.0186. The zero-order valence-corrected chi connectivity index (χ0v) is 8.50. The number of hydrogen-bond donors (Lipinski definition) is 1. The highest BCUT2D eigenvalue weighted by Gasteiger charge is 2.29. The van der Waals surface area contributed by atoms with Crippen molar-refractivity contribution in [1.82, 2.24) is 0 Å². The van der Waals surface area contributed by atoms with Gasteiger partial charge in [-0.25, -0.2) is 0 Å². The molecule has 0 aromatic carbocycles. The molecule has 2 N–H and O–H groups in total. The average molecular weight is 212 g/mol. The topological polar surface area (TPSA) is 55.6 Å². The molecule has 1 aliphatic heterocycles. The molecule has 1 atom stereocenters. The summed E-state index contributed by atoms with van der Waals surface area (Å²) in [5.41, 5.74) is 5.59. The molecule has 2 rings (SSSR count). The molecule has 0 bridgehead atoms. The van der Waals surface area contributed by atoms with Crippen molar-refractivity contribution >= 4 is 22.2 Å². The molecule has 0 aliphatic carbocycles.